The molecule has 0 radical (unpaired) electrons. The Balaban J connectivity index is 1.69. The molecule has 3 rings (SSSR count). The van der Waals surface area contributed by atoms with Gasteiger partial charge in [0.2, 0.25) is 6.79 Å². The summed E-state index contributed by atoms with van der Waals surface area (Å²) in [7, 11) is 0. The molecule has 0 atom stereocenters. The molecule has 1 aliphatic rings. The number of nitro groups is 1. The molecule has 0 unspecified atom stereocenters. The Morgan fingerprint density at radius 2 is 2.04 bits per heavy atom. The van der Waals surface area contributed by atoms with Crippen molar-refractivity contribution >= 4 is 11.4 Å². The molecule has 1 heterocycles. The number of rotatable bonds is 5. The Morgan fingerprint density at radius 1 is 1.22 bits per heavy atom. The van der Waals surface area contributed by atoms with Gasteiger partial charge in [0.15, 0.2) is 11.5 Å². The highest BCUT2D eigenvalue weighted by molar-refractivity contribution is 5.64. The van der Waals surface area contributed by atoms with Gasteiger partial charge in [-0.1, -0.05) is 6.07 Å². The number of fused-ring (bicyclic) bond motifs is 1. The molecule has 2 aromatic carbocycles. The molecule has 0 spiro atoms. The molecule has 0 saturated carbocycles. The summed E-state index contributed by atoms with van der Waals surface area (Å²) in [6.07, 6.45) is 0.657. The molecule has 7 heteroatoms. The van der Waals surface area contributed by atoms with E-state index in [2.05, 4.69) is 5.32 Å². The summed E-state index contributed by atoms with van der Waals surface area (Å²) in [4.78, 5) is 10.6. The zero-order valence-electron chi connectivity index (χ0n) is 12.1. The number of benzene rings is 2. The van der Waals surface area contributed by atoms with Crippen molar-refractivity contribution in [3.63, 3.8) is 0 Å². The van der Waals surface area contributed by atoms with Gasteiger partial charge in [0, 0.05) is 12.6 Å². The van der Waals surface area contributed by atoms with Gasteiger partial charge in [-0.15, -0.1) is 0 Å². The number of nitrogens with zero attached hydrogens (tertiary/aromatic N) is 2. The van der Waals surface area contributed by atoms with Crippen molar-refractivity contribution in [2.75, 3.05) is 18.7 Å². The van der Waals surface area contributed by atoms with Crippen molar-refractivity contribution in [3.8, 4) is 17.6 Å². The number of nitrogens with one attached hydrogen (secondary N) is 1. The summed E-state index contributed by atoms with van der Waals surface area (Å²) in [5.41, 5.74) is 1.70. The lowest BCUT2D eigenvalue weighted by Gasteiger charge is -2.08. The Kier molecular flexibility index (Phi) is 3.97. The summed E-state index contributed by atoms with van der Waals surface area (Å²) < 4.78 is 10.6. The summed E-state index contributed by atoms with van der Waals surface area (Å²) >= 11 is 0. The van der Waals surface area contributed by atoms with Crippen LogP contribution in [0.1, 0.15) is 11.1 Å². The van der Waals surface area contributed by atoms with Gasteiger partial charge in [-0.3, -0.25) is 10.1 Å². The van der Waals surface area contributed by atoms with Crippen LogP contribution in [0, 0.1) is 21.4 Å². The molecule has 1 aliphatic heterocycles. The van der Waals surface area contributed by atoms with Crippen LogP contribution >= 0.6 is 0 Å². The molecule has 0 aromatic heterocycles. The van der Waals surface area contributed by atoms with Gasteiger partial charge in [-0.25, -0.2) is 0 Å². The largest absolute Gasteiger partial charge is 0.454 e. The molecule has 0 fully saturated rings. The van der Waals surface area contributed by atoms with E-state index < -0.39 is 4.92 Å². The maximum Gasteiger partial charge on any atom is 0.292 e. The lowest BCUT2D eigenvalue weighted by atomic mass is 10.1. The summed E-state index contributed by atoms with van der Waals surface area (Å²) in [5.74, 6) is 1.43. The number of hydrogen-bond donors (Lipinski definition) is 1. The summed E-state index contributed by atoms with van der Waals surface area (Å²) in [5, 5.41) is 23.0. The van der Waals surface area contributed by atoms with Crippen molar-refractivity contribution in [3.05, 3.63) is 57.6 Å². The van der Waals surface area contributed by atoms with E-state index in [1.165, 1.54) is 18.2 Å². The predicted molar refractivity (Wildman–Crippen MR) is 82.6 cm³/mol. The smallest absolute Gasteiger partial charge is 0.292 e. The lowest BCUT2D eigenvalue weighted by Crippen LogP contribution is -2.07. The van der Waals surface area contributed by atoms with E-state index in [4.69, 9.17) is 14.7 Å². The van der Waals surface area contributed by atoms with Gasteiger partial charge in [-0.05, 0) is 36.2 Å². The molecule has 1 N–H and O–H groups in total. The van der Waals surface area contributed by atoms with Crippen LogP contribution < -0.4 is 14.8 Å². The monoisotopic (exact) mass is 311 g/mol. The van der Waals surface area contributed by atoms with Crippen LogP contribution in [0.5, 0.6) is 11.5 Å². The standard InChI is InChI=1S/C16H13N3O4/c17-9-12-1-3-14(19(20)21)13(7-12)18-6-5-11-2-4-15-16(8-11)23-10-22-15/h1-4,7-8,18H,5-6,10H2. The molecule has 0 aliphatic carbocycles. The van der Waals surface area contributed by atoms with Crippen molar-refractivity contribution < 1.29 is 14.4 Å². The molecular formula is C16H13N3O4. The Labute approximate surface area is 132 Å². The minimum Gasteiger partial charge on any atom is -0.454 e. The zero-order chi connectivity index (χ0) is 16.2. The first-order valence-corrected chi connectivity index (χ1v) is 6.98. The Morgan fingerprint density at radius 3 is 2.83 bits per heavy atom. The zero-order valence-corrected chi connectivity index (χ0v) is 12.1. The van der Waals surface area contributed by atoms with Gasteiger partial charge in [0.25, 0.3) is 5.69 Å². The first-order chi connectivity index (χ1) is 11.2. The van der Waals surface area contributed by atoms with Crippen LogP contribution in [0.3, 0.4) is 0 Å². The third-order valence-corrected chi connectivity index (χ3v) is 3.49. The average Bonchev–Trinajstić information content (AvgIpc) is 3.02. The van der Waals surface area contributed by atoms with E-state index in [1.807, 2.05) is 24.3 Å². The molecule has 0 saturated heterocycles. The number of nitriles is 1. The molecule has 0 bridgehead atoms. The normalized spacial score (nSPS) is 11.8. The lowest BCUT2D eigenvalue weighted by molar-refractivity contribution is -0.384. The Bertz CT molecular complexity index is 798. The third kappa shape index (κ3) is 3.16. The predicted octanol–water partition coefficient (Wildman–Crippen LogP) is 2.85. The molecule has 116 valence electrons. The first kappa shape index (κ1) is 14.7. The van der Waals surface area contributed by atoms with Crippen molar-refractivity contribution in [2.24, 2.45) is 0 Å². The fraction of sp³-hybridized carbons (Fsp3) is 0.188. The molecule has 7 nitrogen and oxygen atoms in total. The highest BCUT2D eigenvalue weighted by atomic mass is 16.7. The van der Waals surface area contributed by atoms with Crippen LogP contribution in [-0.4, -0.2) is 18.3 Å². The quantitative estimate of drug-likeness (QED) is 0.673. The van der Waals surface area contributed by atoms with Gasteiger partial charge < -0.3 is 14.8 Å². The molecular weight excluding hydrogens is 298 g/mol. The average molecular weight is 311 g/mol. The van der Waals surface area contributed by atoms with Crippen LogP contribution in [0.25, 0.3) is 0 Å². The van der Waals surface area contributed by atoms with E-state index in [0.29, 0.717) is 30.0 Å². The SMILES string of the molecule is N#Cc1ccc([N+](=O)[O-])c(NCCc2ccc3c(c2)OCO3)c1. The van der Waals surface area contributed by atoms with E-state index in [9.17, 15) is 10.1 Å². The second-order valence-electron chi connectivity index (χ2n) is 4.97. The number of nitro benzene ring substituents is 1. The Hall–Kier alpha value is -3.27. The third-order valence-electron chi connectivity index (χ3n) is 3.49. The van der Waals surface area contributed by atoms with Crippen LogP contribution in [0.2, 0.25) is 0 Å². The molecule has 23 heavy (non-hydrogen) atoms. The van der Waals surface area contributed by atoms with E-state index in [0.717, 1.165) is 11.3 Å². The van der Waals surface area contributed by atoms with Gasteiger partial charge >= 0.3 is 0 Å². The van der Waals surface area contributed by atoms with Gasteiger partial charge in [0.05, 0.1) is 16.6 Å². The van der Waals surface area contributed by atoms with Crippen LogP contribution in [-0.2, 0) is 6.42 Å². The maximum atomic E-state index is 11.0. The van der Waals surface area contributed by atoms with E-state index in [-0.39, 0.29) is 12.5 Å². The number of ether oxygens (including phenoxy) is 2. The van der Waals surface area contributed by atoms with E-state index in [1.54, 1.807) is 0 Å². The highest BCUT2D eigenvalue weighted by Gasteiger charge is 2.15. The van der Waals surface area contributed by atoms with Crippen LogP contribution in [0.4, 0.5) is 11.4 Å². The summed E-state index contributed by atoms with van der Waals surface area (Å²) in [6, 6.07) is 11.9. The minimum atomic E-state index is -0.468. The van der Waals surface area contributed by atoms with Crippen molar-refractivity contribution in [2.45, 2.75) is 6.42 Å². The highest BCUT2D eigenvalue weighted by Crippen LogP contribution is 2.32. The second-order valence-corrected chi connectivity index (χ2v) is 4.97. The topological polar surface area (TPSA) is 97.4 Å². The van der Waals surface area contributed by atoms with Gasteiger partial charge in [-0.2, -0.15) is 5.26 Å². The molecule has 0 amide bonds. The van der Waals surface area contributed by atoms with Gasteiger partial charge in [0.1, 0.15) is 5.69 Å². The van der Waals surface area contributed by atoms with Crippen molar-refractivity contribution in [1.29, 1.82) is 5.26 Å². The van der Waals surface area contributed by atoms with E-state index >= 15 is 0 Å². The number of hydrogen-bond acceptors (Lipinski definition) is 6. The molecule has 2 aromatic rings. The fourth-order valence-electron chi connectivity index (χ4n) is 2.34. The fourth-order valence-corrected chi connectivity index (χ4v) is 2.34. The van der Waals surface area contributed by atoms with Crippen LogP contribution in [0.15, 0.2) is 36.4 Å². The number of anilines is 1. The van der Waals surface area contributed by atoms with Crippen molar-refractivity contribution in [1.82, 2.24) is 0 Å². The first-order valence-electron chi connectivity index (χ1n) is 6.98. The maximum absolute atomic E-state index is 11.0. The minimum absolute atomic E-state index is 0.0466. The second kappa shape index (κ2) is 6.23. The summed E-state index contributed by atoms with van der Waals surface area (Å²) in [6.45, 7) is 0.722.